The van der Waals surface area contributed by atoms with Gasteiger partial charge >= 0.3 is 6.18 Å². The average Bonchev–Trinajstić information content (AvgIpc) is 2.29. The first kappa shape index (κ1) is 10.8. The van der Waals surface area contributed by atoms with E-state index in [0.29, 0.717) is 5.57 Å². The molecule has 1 aromatic rings. The number of allylic oxidation sites excluding steroid dienone is 3. The highest BCUT2D eigenvalue weighted by molar-refractivity contribution is 5.74. The van der Waals surface area contributed by atoms with Gasteiger partial charge in [-0.05, 0) is 17.7 Å². The number of halogens is 3. The Hall–Kier alpha value is -1.73. The van der Waals surface area contributed by atoms with Crippen LogP contribution in [0.3, 0.4) is 0 Å². The third-order valence-corrected chi connectivity index (χ3v) is 2.35. The van der Waals surface area contributed by atoms with E-state index >= 15 is 0 Å². The Bertz CT molecular complexity index is 460. The van der Waals surface area contributed by atoms with Crippen LogP contribution in [0.15, 0.2) is 54.3 Å². The highest BCUT2D eigenvalue weighted by Gasteiger charge is 2.36. The van der Waals surface area contributed by atoms with Crippen LogP contribution in [0.4, 0.5) is 13.2 Å². The monoisotopic (exact) mass is 222 g/mol. The van der Waals surface area contributed by atoms with Crippen molar-refractivity contribution in [2.75, 3.05) is 0 Å². The van der Waals surface area contributed by atoms with Crippen LogP contribution in [-0.4, -0.2) is 6.18 Å². The molecule has 82 valence electrons. The van der Waals surface area contributed by atoms with E-state index in [2.05, 4.69) is 5.73 Å². The van der Waals surface area contributed by atoms with Crippen LogP contribution >= 0.6 is 0 Å². The second-order valence-corrected chi connectivity index (χ2v) is 3.52. The average molecular weight is 222 g/mol. The molecule has 0 bridgehead atoms. The molecule has 0 fully saturated rings. The molecule has 1 unspecified atom stereocenters. The van der Waals surface area contributed by atoms with Crippen molar-refractivity contribution in [2.24, 2.45) is 5.92 Å². The van der Waals surface area contributed by atoms with Gasteiger partial charge in [-0.25, -0.2) is 0 Å². The summed E-state index contributed by atoms with van der Waals surface area (Å²) in [6, 6.07) is 9.23. The van der Waals surface area contributed by atoms with Gasteiger partial charge in [-0.3, -0.25) is 0 Å². The summed E-state index contributed by atoms with van der Waals surface area (Å²) in [5, 5.41) is 0. The minimum atomic E-state index is -4.22. The molecule has 2 rings (SSSR count). The number of hydrogen-bond donors (Lipinski definition) is 0. The number of rotatable bonds is 1. The Labute approximate surface area is 91.4 Å². The standard InChI is InChI=1S/C13H9F3/c14-13(15,16)12-8-6-11(7-9-12)10-4-2-1-3-5-10/h1-6,8-9,12H. The van der Waals surface area contributed by atoms with E-state index in [4.69, 9.17) is 0 Å². The zero-order valence-electron chi connectivity index (χ0n) is 8.33. The van der Waals surface area contributed by atoms with Crippen molar-refractivity contribution in [2.45, 2.75) is 6.18 Å². The fourth-order valence-corrected chi connectivity index (χ4v) is 1.48. The Morgan fingerprint density at radius 1 is 1.06 bits per heavy atom. The molecular weight excluding hydrogens is 213 g/mol. The first-order valence-electron chi connectivity index (χ1n) is 4.84. The molecule has 0 spiro atoms. The van der Waals surface area contributed by atoms with Crippen molar-refractivity contribution in [3.05, 3.63) is 59.9 Å². The summed E-state index contributed by atoms with van der Waals surface area (Å²) in [6.07, 6.45) is -0.541. The summed E-state index contributed by atoms with van der Waals surface area (Å²) in [5.74, 6) is -1.51. The maximum Gasteiger partial charge on any atom is 0.399 e. The van der Waals surface area contributed by atoms with Gasteiger partial charge in [0.05, 0.1) is 5.92 Å². The molecule has 0 N–H and O–H groups in total. The predicted molar refractivity (Wildman–Crippen MR) is 56.6 cm³/mol. The summed E-state index contributed by atoms with van der Waals surface area (Å²) < 4.78 is 37.0. The summed E-state index contributed by atoms with van der Waals surface area (Å²) in [4.78, 5) is 0. The Morgan fingerprint density at radius 3 is 2.25 bits per heavy atom. The number of alkyl halides is 3. The minimum absolute atomic E-state index is 0.682. The molecular formula is C13H9F3. The fraction of sp³-hybridized carbons (Fsp3) is 0.154. The normalized spacial score (nSPS) is 19.7. The lowest BCUT2D eigenvalue weighted by Crippen LogP contribution is -2.19. The van der Waals surface area contributed by atoms with Crippen molar-refractivity contribution in [1.82, 2.24) is 0 Å². The van der Waals surface area contributed by atoms with Crippen LogP contribution in [-0.2, 0) is 0 Å². The molecule has 0 heterocycles. The molecule has 0 aliphatic heterocycles. The molecule has 1 aliphatic rings. The first-order chi connectivity index (χ1) is 7.57. The maximum atomic E-state index is 12.3. The molecule has 16 heavy (non-hydrogen) atoms. The van der Waals surface area contributed by atoms with Crippen LogP contribution < -0.4 is 0 Å². The summed E-state index contributed by atoms with van der Waals surface area (Å²) in [5.41, 5.74) is 4.23. The third kappa shape index (κ3) is 2.26. The van der Waals surface area contributed by atoms with Gasteiger partial charge in [0, 0.05) is 5.57 Å². The van der Waals surface area contributed by atoms with Crippen LogP contribution in [0.1, 0.15) is 5.56 Å². The SMILES string of the molecule is FC(F)(F)C1C=C=C(c2ccccc2)C=C1. The molecule has 1 aliphatic carbocycles. The highest BCUT2D eigenvalue weighted by atomic mass is 19.4. The molecule has 1 atom stereocenters. The van der Waals surface area contributed by atoms with Gasteiger partial charge in [0.1, 0.15) is 0 Å². The van der Waals surface area contributed by atoms with Gasteiger partial charge < -0.3 is 0 Å². The maximum absolute atomic E-state index is 12.3. The van der Waals surface area contributed by atoms with Crippen LogP contribution in [0, 0.1) is 5.92 Å². The van der Waals surface area contributed by atoms with Gasteiger partial charge in [-0.1, -0.05) is 36.4 Å². The molecule has 1 aromatic carbocycles. The number of benzene rings is 1. The summed E-state index contributed by atoms with van der Waals surface area (Å²) >= 11 is 0. The number of hydrogen-bond acceptors (Lipinski definition) is 0. The summed E-state index contributed by atoms with van der Waals surface area (Å²) in [7, 11) is 0. The van der Waals surface area contributed by atoms with Gasteiger partial charge in [0.15, 0.2) is 0 Å². The van der Waals surface area contributed by atoms with Gasteiger partial charge in [0.2, 0.25) is 0 Å². The van der Waals surface area contributed by atoms with Crippen molar-refractivity contribution >= 4 is 5.57 Å². The highest BCUT2D eigenvalue weighted by Crippen LogP contribution is 2.31. The Kier molecular flexibility index (Phi) is 2.71. The van der Waals surface area contributed by atoms with Crippen molar-refractivity contribution in [1.29, 1.82) is 0 Å². The lowest BCUT2D eigenvalue weighted by Gasteiger charge is -2.14. The second-order valence-electron chi connectivity index (χ2n) is 3.52. The fourth-order valence-electron chi connectivity index (χ4n) is 1.48. The van der Waals surface area contributed by atoms with Crippen LogP contribution in [0.5, 0.6) is 0 Å². The van der Waals surface area contributed by atoms with E-state index in [-0.39, 0.29) is 0 Å². The van der Waals surface area contributed by atoms with Crippen LogP contribution in [0.25, 0.3) is 5.57 Å². The van der Waals surface area contributed by atoms with Crippen molar-refractivity contribution in [3.8, 4) is 0 Å². The van der Waals surface area contributed by atoms with Crippen LogP contribution in [0.2, 0.25) is 0 Å². The molecule has 0 saturated heterocycles. The van der Waals surface area contributed by atoms with E-state index < -0.39 is 12.1 Å². The van der Waals surface area contributed by atoms with Gasteiger partial charge in [-0.2, -0.15) is 13.2 Å². The molecule has 0 radical (unpaired) electrons. The van der Waals surface area contributed by atoms with E-state index in [1.807, 2.05) is 30.3 Å². The summed E-state index contributed by atoms with van der Waals surface area (Å²) in [6.45, 7) is 0. The lowest BCUT2D eigenvalue weighted by molar-refractivity contribution is -0.148. The smallest absolute Gasteiger partial charge is 0.170 e. The van der Waals surface area contributed by atoms with Gasteiger partial charge in [0.25, 0.3) is 0 Å². The Morgan fingerprint density at radius 2 is 1.75 bits per heavy atom. The van der Waals surface area contributed by atoms with E-state index in [9.17, 15) is 13.2 Å². The third-order valence-electron chi connectivity index (χ3n) is 2.35. The first-order valence-corrected chi connectivity index (χ1v) is 4.84. The van der Waals surface area contributed by atoms with E-state index in [1.165, 1.54) is 6.08 Å². The lowest BCUT2D eigenvalue weighted by atomic mass is 9.98. The molecule has 0 amide bonds. The van der Waals surface area contributed by atoms with E-state index in [1.54, 1.807) is 0 Å². The second kappa shape index (κ2) is 4.03. The molecule has 0 saturated carbocycles. The van der Waals surface area contributed by atoms with E-state index in [0.717, 1.165) is 17.7 Å². The minimum Gasteiger partial charge on any atom is -0.170 e. The largest absolute Gasteiger partial charge is 0.399 e. The quantitative estimate of drug-likeness (QED) is 0.630. The zero-order valence-corrected chi connectivity index (χ0v) is 8.33. The molecule has 0 nitrogen and oxygen atoms in total. The molecule has 0 aromatic heterocycles. The predicted octanol–water partition coefficient (Wildman–Crippen LogP) is 3.97. The topological polar surface area (TPSA) is 0 Å². The van der Waals surface area contributed by atoms with Gasteiger partial charge in [-0.15, -0.1) is 5.73 Å². The Balaban J connectivity index is 2.30. The molecule has 3 heteroatoms. The van der Waals surface area contributed by atoms with Crippen molar-refractivity contribution in [3.63, 3.8) is 0 Å². The zero-order chi connectivity index (χ0) is 11.6. The van der Waals surface area contributed by atoms with Crippen molar-refractivity contribution < 1.29 is 13.2 Å².